The average molecular weight is 254 g/mol. The minimum Gasteiger partial charge on any atom is -0.462 e. The molecule has 1 rings (SSSR count). The maximum absolute atomic E-state index is 11.5. The SMILES string of the molecule is CCC=C(C)C(C)OC(C)(C)COC(=O)C1CC1. The third-order valence-electron chi connectivity index (χ3n) is 3.14. The minimum absolute atomic E-state index is 0.0552. The van der Waals surface area contributed by atoms with E-state index in [4.69, 9.17) is 9.47 Å². The molecule has 0 heterocycles. The molecule has 104 valence electrons. The van der Waals surface area contributed by atoms with Crippen molar-refractivity contribution < 1.29 is 14.3 Å². The zero-order valence-electron chi connectivity index (χ0n) is 12.3. The van der Waals surface area contributed by atoms with E-state index in [2.05, 4.69) is 19.9 Å². The molecule has 1 saturated carbocycles. The second-order valence-corrected chi connectivity index (χ2v) is 5.76. The topological polar surface area (TPSA) is 35.5 Å². The van der Waals surface area contributed by atoms with Crippen LogP contribution in [0.3, 0.4) is 0 Å². The smallest absolute Gasteiger partial charge is 0.309 e. The summed E-state index contributed by atoms with van der Waals surface area (Å²) in [7, 11) is 0. The van der Waals surface area contributed by atoms with Crippen LogP contribution in [0.15, 0.2) is 11.6 Å². The van der Waals surface area contributed by atoms with Crippen molar-refractivity contribution >= 4 is 5.97 Å². The quantitative estimate of drug-likeness (QED) is 0.515. The minimum atomic E-state index is -0.438. The van der Waals surface area contributed by atoms with E-state index in [1.807, 2.05) is 20.8 Å². The molecule has 0 amide bonds. The van der Waals surface area contributed by atoms with Gasteiger partial charge in [0, 0.05) is 0 Å². The molecule has 0 saturated heterocycles. The number of hydrogen-bond donors (Lipinski definition) is 0. The van der Waals surface area contributed by atoms with Crippen molar-refractivity contribution in [2.75, 3.05) is 6.61 Å². The largest absolute Gasteiger partial charge is 0.462 e. The van der Waals surface area contributed by atoms with Gasteiger partial charge in [-0.2, -0.15) is 0 Å². The van der Waals surface area contributed by atoms with E-state index < -0.39 is 5.60 Å². The van der Waals surface area contributed by atoms with Crippen molar-refractivity contribution in [1.29, 1.82) is 0 Å². The van der Waals surface area contributed by atoms with Crippen molar-refractivity contribution in [3.63, 3.8) is 0 Å². The number of ether oxygens (including phenoxy) is 2. The van der Waals surface area contributed by atoms with E-state index in [0.717, 1.165) is 19.3 Å². The molecule has 1 atom stereocenters. The molecule has 0 aromatic carbocycles. The molecule has 0 aliphatic heterocycles. The summed E-state index contributed by atoms with van der Waals surface area (Å²) in [4.78, 5) is 11.5. The fourth-order valence-electron chi connectivity index (χ4n) is 1.78. The molecular weight excluding hydrogens is 228 g/mol. The molecule has 0 spiro atoms. The lowest BCUT2D eigenvalue weighted by Gasteiger charge is -2.29. The Bertz CT molecular complexity index is 314. The first kappa shape index (κ1) is 15.2. The van der Waals surface area contributed by atoms with Crippen LogP contribution in [0.1, 0.15) is 53.9 Å². The second kappa shape index (κ2) is 6.37. The molecule has 0 N–H and O–H groups in total. The zero-order valence-corrected chi connectivity index (χ0v) is 12.3. The van der Waals surface area contributed by atoms with Gasteiger partial charge in [-0.25, -0.2) is 0 Å². The highest BCUT2D eigenvalue weighted by Crippen LogP contribution is 2.30. The van der Waals surface area contributed by atoms with Gasteiger partial charge in [0.25, 0.3) is 0 Å². The fourth-order valence-corrected chi connectivity index (χ4v) is 1.78. The summed E-state index contributed by atoms with van der Waals surface area (Å²) >= 11 is 0. The molecule has 1 unspecified atom stereocenters. The molecule has 0 bridgehead atoms. The van der Waals surface area contributed by atoms with Crippen molar-refractivity contribution in [3.05, 3.63) is 11.6 Å². The fraction of sp³-hybridized carbons (Fsp3) is 0.800. The van der Waals surface area contributed by atoms with Gasteiger partial charge in [0.1, 0.15) is 6.61 Å². The predicted molar refractivity (Wildman–Crippen MR) is 72.4 cm³/mol. The summed E-state index contributed by atoms with van der Waals surface area (Å²) in [5, 5.41) is 0. The summed E-state index contributed by atoms with van der Waals surface area (Å²) in [5.74, 6) is 0.0834. The van der Waals surface area contributed by atoms with Crippen LogP contribution in [-0.2, 0) is 14.3 Å². The molecule has 0 aromatic rings. The van der Waals surface area contributed by atoms with Crippen LogP contribution in [-0.4, -0.2) is 24.3 Å². The molecule has 1 fully saturated rings. The Hall–Kier alpha value is -0.830. The summed E-state index contributed by atoms with van der Waals surface area (Å²) in [6.07, 6.45) is 5.19. The van der Waals surface area contributed by atoms with E-state index >= 15 is 0 Å². The van der Waals surface area contributed by atoms with Crippen molar-refractivity contribution in [2.24, 2.45) is 5.92 Å². The predicted octanol–water partition coefficient (Wildman–Crippen LogP) is 3.48. The van der Waals surface area contributed by atoms with Crippen LogP contribution in [0.5, 0.6) is 0 Å². The Morgan fingerprint density at radius 2 is 2.06 bits per heavy atom. The number of hydrogen-bond acceptors (Lipinski definition) is 3. The second-order valence-electron chi connectivity index (χ2n) is 5.76. The lowest BCUT2D eigenvalue weighted by atomic mass is 10.1. The summed E-state index contributed by atoms with van der Waals surface area (Å²) in [6.45, 7) is 10.5. The van der Waals surface area contributed by atoms with Crippen LogP contribution in [0.2, 0.25) is 0 Å². The van der Waals surface area contributed by atoms with E-state index in [0.29, 0.717) is 6.61 Å². The molecular formula is C15H26O3. The van der Waals surface area contributed by atoms with E-state index in [1.165, 1.54) is 5.57 Å². The molecule has 1 aliphatic carbocycles. The van der Waals surface area contributed by atoms with Gasteiger partial charge < -0.3 is 9.47 Å². The molecule has 3 heteroatoms. The maximum Gasteiger partial charge on any atom is 0.309 e. The highest BCUT2D eigenvalue weighted by atomic mass is 16.6. The molecule has 3 nitrogen and oxygen atoms in total. The monoisotopic (exact) mass is 254 g/mol. The van der Waals surface area contributed by atoms with Crippen LogP contribution >= 0.6 is 0 Å². The summed E-state index contributed by atoms with van der Waals surface area (Å²) in [6, 6.07) is 0. The van der Waals surface area contributed by atoms with Crippen LogP contribution in [0, 0.1) is 5.92 Å². The first-order chi connectivity index (χ1) is 8.35. The van der Waals surface area contributed by atoms with E-state index in [9.17, 15) is 4.79 Å². The first-order valence-corrected chi connectivity index (χ1v) is 6.87. The van der Waals surface area contributed by atoms with Gasteiger partial charge in [-0.15, -0.1) is 0 Å². The number of allylic oxidation sites excluding steroid dienone is 1. The van der Waals surface area contributed by atoms with Crippen LogP contribution < -0.4 is 0 Å². The number of esters is 1. The van der Waals surface area contributed by atoms with Crippen LogP contribution in [0.25, 0.3) is 0 Å². The Morgan fingerprint density at radius 1 is 1.44 bits per heavy atom. The lowest BCUT2D eigenvalue weighted by Crippen LogP contribution is -2.36. The van der Waals surface area contributed by atoms with Gasteiger partial charge in [-0.3, -0.25) is 4.79 Å². The Morgan fingerprint density at radius 3 is 2.56 bits per heavy atom. The Labute approximate surface area is 111 Å². The number of rotatable bonds is 7. The molecule has 0 aromatic heterocycles. The van der Waals surface area contributed by atoms with Crippen LogP contribution in [0.4, 0.5) is 0 Å². The zero-order chi connectivity index (χ0) is 13.8. The number of carbonyl (C=O) groups is 1. The normalized spacial score (nSPS) is 18.6. The standard InChI is InChI=1S/C15H26O3/c1-6-7-11(2)12(3)18-15(4,5)10-17-14(16)13-8-9-13/h7,12-13H,6,8-10H2,1-5H3. The molecule has 18 heavy (non-hydrogen) atoms. The van der Waals surface area contributed by atoms with Crippen molar-refractivity contribution in [2.45, 2.75) is 65.6 Å². The van der Waals surface area contributed by atoms with Gasteiger partial charge in [0.15, 0.2) is 0 Å². The van der Waals surface area contributed by atoms with E-state index in [1.54, 1.807) is 0 Å². The van der Waals surface area contributed by atoms with Gasteiger partial charge >= 0.3 is 5.97 Å². The summed E-state index contributed by atoms with van der Waals surface area (Å²) in [5.41, 5.74) is 0.784. The average Bonchev–Trinajstić information content (AvgIpc) is 3.09. The Balaban J connectivity index is 2.37. The third-order valence-corrected chi connectivity index (χ3v) is 3.14. The highest BCUT2D eigenvalue weighted by Gasteiger charge is 2.33. The van der Waals surface area contributed by atoms with Crippen molar-refractivity contribution in [1.82, 2.24) is 0 Å². The molecule has 1 aliphatic rings. The maximum atomic E-state index is 11.5. The molecule has 0 radical (unpaired) electrons. The first-order valence-electron chi connectivity index (χ1n) is 6.87. The van der Waals surface area contributed by atoms with E-state index in [-0.39, 0.29) is 18.0 Å². The lowest BCUT2D eigenvalue weighted by molar-refractivity contribution is -0.157. The van der Waals surface area contributed by atoms with Gasteiger partial charge in [-0.1, -0.05) is 13.0 Å². The number of carbonyl (C=O) groups excluding carboxylic acids is 1. The summed E-state index contributed by atoms with van der Waals surface area (Å²) < 4.78 is 11.2. The van der Waals surface area contributed by atoms with Gasteiger partial charge in [0.2, 0.25) is 0 Å². The third kappa shape index (κ3) is 5.21. The Kier molecular flexibility index (Phi) is 5.39. The van der Waals surface area contributed by atoms with Gasteiger partial charge in [-0.05, 0) is 52.5 Å². The highest BCUT2D eigenvalue weighted by molar-refractivity contribution is 5.74. The van der Waals surface area contributed by atoms with Gasteiger partial charge in [0.05, 0.1) is 17.6 Å². The van der Waals surface area contributed by atoms with Crippen molar-refractivity contribution in [3.8, 4) is 0 Å².